The van der Waals surface area contributed by atoms with E-state index in [0.717, 1.165) is 5.56 Å². The zero-order valence-corrected chi connectivity index (χ0v) is 19.1. The van der Waals surface area contributed by atoms with Crippen molar-refractivity contribution in [2.75, 3.05) is 10.0 Å². The van der Waals surface area contributed by atoms with Crippen molar-refractivity contribution in [1.29, 1.82) is 0 Å². The van der Waals surface area contributed by atoms with E-state index in [9.17, 15) is 18.0 Å². The first kappa shape index (κ1) is 23.6. The molecule has 0 saturated carbocycles. The number of carbonyl (C=O) groups excluding carboxylic acids is 2. The minimum Gasteiger partial charge on any atom is -0.461 e. The molecule has 0 saturated heterocycles. The number of benzene rings is 3. The molecule has 1 amide bonds. The third kappa shape index (κ3) is 6.23. The van der Waals surface area contributed by atoms with Crippen LogP contribution in [0.15, 0.2) is 71.6 Å². The van der Waals surface area contributed by atoms with Gasteiger partial charge in [-0.25, -0.2) is 8.42 Å². The summed E-state index contributed by atoms with van der Waals surface area (Å²) in [5.41, 5.74) is 1.63. The highest BCUT2D eigenvalue weighted by molar-refractivity contribution is 7.92. The maximum atomic E-state index is 12.8. The molecule has 2 N–H and O–H groups in total. The van der Waals surface area contributed by atoms with Gasteiger partial charge in [-0.2, -0.15) is 0 Å². The maximum Gasteiger partial charge on any atom is 0.302 e. The largest absolute Gasteiger partial charge is 0.461 e. The quantitative estimate of drug-likeness (QED) is 0.446. The molecule has 0 unspecified atom stereocenters. The number of carbonyl (C=O) groups is 2. The first-order valence-electron chi connectivity index (χ1n) is 9.25. The van der Waals surface area contributed by atoms with Crippen molar-refractivity contribution in [3.8, 4) is 0 Å². The van der Waals surface area contributed by atoms with Crippen molar-refractivity contribution in [3.63, 3.8) is 0 Å². The first-order chi connectivity index (χ1) is 15.1. The number of nitrogens with one attached hydrogen (secondary N) is 2. The van der Waals surface area contributed by atoms with Crippen LogP contribution >= 0.6 is 23.2 Å². The summed E-state index contributed by atoms with van der Waals surface area (Å²) < 4.78 is 32.9. The van der Waals surface area contributed by atoms with Gasteiger partial charge in [0.2, 0.25) is 0 Å². The number of hydrogen-bond acceptors (Lipinski definition) is 5. The number of sulfonamides is 1. The van der Waals surface area contributed by atoms with E-state index in [0.29, 0.717) is 16.3 Å². The van der Waals surface area contributed by atoms with E-state index in [1.807, 2.05) is 0 Å². The lowest BCUT2D eigenvalue weighted by Crippen LogP contribution is -2.15. The topological polar surface area (TPSA) is 102 Å². The van der Waals surface area contributed by atoms with Crippen LogP contribution in [0.2, 0.25) is 10.0 Å². The number of ether oxygens (including phenoxy) is 1. The summed E-state index contributed by atoms with van der Waals surface area (Å²) in [6.07, 6.45) is 0. The Morgan fingerprint density at radius 2 is 1.53 bits per heavy atom. The van der Waals surface area contributed by atoms with Crippen molar-refractivity contribution >= 4 is 56.5 Å². The van der Waals surface area contributed by atoms with Crippen LogP contribution in [-0.2, 0) is 26.2 Å². The van der Waals surface area contributed by atoms with Gasteiger partial charge in [-0.05, 0) is 60.2 Å². The van der Waals surface area contributed by atoms with Gasteiger partial charge in [0, 0.05) is 28.9 Å². The highest BCUT2D eigenvalue weighted by Gasteiger charge is 2.19. The van der Waals surface area contributed by atoms with Crippen LogP contribution in [0.1, 0.15) is 22.8 Å². The van der Waals surface area contributed by atoms with Gasteiger partial charge in [0.05, 0.1) is 5.02 Å². The van der Waals surface area contributed by atoms with Crippen LogP contribution in [-0.4, -0.2) is 20.3 Å². The Labute approximate surface area is 195 Å². The number of anilines is 2. The van der Waals surface area contributed by atoms with Crippen molar-refractivity contribution in [1.82, 2.24) is 0 Å². The van der Waals surface area contributed by atoms with Crippen LogP contribution in [0, 0.1) is 0 Å². The van der Waals surface area contributed by atoms with Gasteiger partial charge in [0.1, 0.15) is 11.5 Å². The Balaban J connectivity index is 1.75. The molecule has 0 aliphatic carbocycles. The second kappa shape index (κ2) is 10.0. The van der Waals surface area contributed by atoms with Crippen LogP contribution in [0.3, 0.4) is 0 Å². The molecule has 0 atom stereocenters. The Hall–Kier alpha value is -3.07. The zero-order valence-electron chi connectivity index (χ0n) is 16.8. The van der Waals surface area contributed by atoms with E-state index >= 15 is 0 Å². The number of halogens is 2. The summed E-state index contributed by atoms with van der Waals surface area (Å²) >= 11 is 11.9. The van der Waals surface area contributed by atoms with E-state index < -0.39 is 21.9 Å². The van der Waals surface area contributed by atoms with E-state index in [2.05, 4.69) is 10.0 Å². The second-order valence-corrected chi connectivity index (χ2v) is 9.18. The molecule has 0 aromatic heterocycles. The third-order valence-corrected chi connectivity index (χ3v) is 6.35. The molecule has 0 radical (unpaired) electrons. The Morgan fingerprint density at radius 1 is 0.906 bits per heavy atom. The average molecular weight is 493 g/mol. The molecular weight excluding hydrogens is 475 g/mol. The predicted molar refractivity (Wildman–Crippen MR) is 124 cm³/mol. The molecule has 32 heavy (non-hydrogen) atoms. The van der Waals surface area contributed by atoms with E-state index in [4.69, 9.17) is 27.9 Å². The minimum atomic E-state index is -4.02. The third-order valence-electron chi connectivity index (χ3n) is 4.23. The fourth-order valence-electron chi connectivity index (χ4n) is 2.66. The highest BCUT2D eigenvalue weighted by Crippen LogP contribution is 2.27. The molecule has 0 aliphatic rings. The van der Waals surface area contributed by atoms with Gasteiger partial charge >= 0.3 is 5.97 Å². The molecule has 7 nitrogen and oxygen atoms in total. The molecule has 10 heteroatoms. The average Bonchev–Trinajstić information content (AvgIpc) is 2.75. The lowest BCUT2D eigenvalue weighted by Gasteiger charge is -2.12. The lowest BCUT2D eigenvalue weighted by molar-refractivity contribution is -0.142. The summed E-state index contributed by atoms with van der Waals surface area (Å²) in [5, 5.41) is 3.11. The molecule has 0 spiro atoms. The van der Waals surface area contributed by atoms with Crippen molar-refractivity contribution in [2.24, 2.45) is 0 Å². The maximum absolute atomic E-state index is 12.8. The molecular formula is C22H18Cl2N2O5S. The molecule has 0 heterocycles. The smallest absolute Gasteiger partial charge is 0.302 e. The molecule has 0 fully saturated rings. The molecule has 0 bridgehead atoms. The monoisotopic (exact) mass is 492 g/mol. The predicted octanol–water partition coefficient (Wildman–Crippen LogP) is 5.11. The minimum absolute atomic E-state index is 0.000660. The molecule has 3 rings (SSSR count). The van der Waals surface area contributed by atoms with E-state index in [1.165, 1.54) is 37.3 Å². The van der Waals surface area contributed by atoms with Crippen LogP contribution in [0.4, 0.5) is 11.4 Å². The van der Waals surface area contributed by atoms with Gasteiger partial charge in [-0.15, -0.1) is 0 Å². The first-order valence-corrected chi connectivity index (χ1v) is 11.5. The Morgan fingerprint density at radius 3 is 2.16 bits per heavy atom. The standard InChI is InChI=1S/C22H18Cl2N2O5S/c1-14(27)31-13-15-2-4-16(5-3-15)22(28)25-19-10-11-20(24)21(12-19)32(29,30)26-18-8-6-17(23)7-9-18/h2-12,26H,13H2,1H3,(H,25,28). The van der Waals surface area contributed by atoms with Gasteiger partial charge < -0.3 is 10.1 Å². The van der Waals surface area contributed by atoms with Crippen LogP contribution in [0.25, 0.3) is 0 Å². The van der Waals surface area contributed by atoms with Crippen molar-refractivity contribution < 1.29 is 22.7 Å². The lowest BCUT2D eigenvalue weighted by atomic mass is 10.1. The Bertz CT molecular complexity index is 1240. The number of hydrogen-bond donors (Lipinski definition) is 2. The fraction of sp³-hybridized carbons (Fsp3) is 0.0909. The zero-order chi connectivity index (χ0) is 23.3. The summed E-state index contributed by atoms with van der Waals surface area (Å²) in [7, 11) is -4.02. The summed E-state index contributed by atoms with van der Waals surface area (Å²) in [4.78, 5) is 23.2. The normalized spacial score (nSPS) is 11.0. The SMILES string of the molecule is CC(=O)OCc1ccc(C(=O)Nc2ccc(Cl)c(S(=O)(=O)Nc3ccc(Cl)cc3)c2)cc1. The van der Waals surface area contributed by atoms with E-state index in [1.54, 1.807) is 36.4 Å². The van der Waals surface area contributed by atoms with Gasteiger partial charge in [0.15, 0.2) is 0 Å². The number of esters is 1. The van der Waals surface area contributed by atoms with Gasteiger partial charge in [-0.3, -0.25) is 14.3 Å². The summed E-state index contributed by atoms with van der Waals surface area (Å²) in [6, 6.07) is 16.8. The molecule has 0 aliphatic heterocycles. The molecule has 3 aromatic rings. The number of rotatable bonds is 7. The fourth-order valence-corrected chi connectivity index (χ4v) is 4.37. The summed E-state index contributed by atoms with van der Waals surface area (Å²) in [5.74, 6) is -0.841. The van der Waals surface area contributed by atoms with Gasteiger partial charge in [-0.1, -0.05) is 35.3 Å². The van der Waals surface area contributed by atoms with Crippen molar-refractivity contribution in [2.45, 2.75) is 18.4 Å². The Kier molecular flexibility index (Phi) is 7.40. The van der Waals surface area contributed by atoms with Crippen LogP contribution in [0.5, 0.6) is 0 Å². The van der Waals surface area contributed by atoms with Crippen molar-refractivity contribution in [3.05, 3.63) is 87.9 Å². The van der Waals surface area contributed by atoms with E-state index in [-0.39, 0.29) is 22.2 Å². The number of amides is 1. The highest BCUT2D eigenvalue weighted by atomic mass is 35.5. The molecule has 166 valence electrons. The van der Waals surface area contributed by atoms with Gasteiger partial charge in [0.25, 0.3) is 15.9 Å². The van der Waals surface area contributed by atoms with Crippen LogP contribution < -0.4 is 10.0 Å². The second-order valence-electron chi connectivity index (χ2n) is 6.69. The summed E-state index contributed by atoms with van der Waals surface area (Å²) in [6.45, 7) is 1.42. The molecule has 3 aromatic carbocycles.